The molecule has 168 valence electrons. The van der Waals surface area contributed by atoms with Crippen molar-refractivity contribution in [3.8, 4) is 11.5 Å². The molecule has 6 heteroatoms. The highest BCUT2D eigenvalue weighted by Gasteiger charge is 2.28. The maximum absolute atomic E-state index is 13.1. The SMILES string of the molecule is CCN(Cc1ccccc1)C(=O)[C@H](C)N1CCN(Cc2ccc(OC)c(OC)c2)CC1. The molecule has 31 heavy (non-hydrogen) atoms. The second-order valence-corrected chi connectivity index (χ2v) is 8.02. The van der Waals surface area contributed by atoms with E-state index in [1.807, 2.05) is 42.2 Å². The van der Waals surface area contributed by atoms with Crippen LogP contribution in [0.2, 0.25) is 0 Å². The number of carbonyl (C=O) groups excluding carboxylic acids is 1. The van der Waals surface area contributed by atoms with Crippen LogP contribution in [0.15, 0.2) is 48.5 Å². The summed E-state index contributed by atoms with van der Waals surface area (Å²) in [6.07, 6.45) is 0. The Hall–Kier alpha value is -2.57. The third-order valence-corrected chi connectivity index (χ3v) is 6.08. The molecule has 3 rings (SSSR count). The van der Waals surface area contributed by atoms with Crippen molar-refractivity contribution in [3.05, 3.63) is 59.7 Å². The van der Waals surface area contributed by atoms with Gasteiger partial charge in [0.15, 0.2) is 11.5 Å². The second kappa shape index (κ2) is 11.2. The highest BCUT2D eigenvalue weighted by atomic mass is 16.5. The Labute approximate surface area is 186 Å². The number of nitrogens with zero attached hydrogens (tertiary/aromatic N) is 3. The predicted molar refractivity (Wildman–Crippen MR) is 123 cm³/mol. The van der Waals surface area contributed by atoms with Crippen LogP contribution in [-0.4, -0.2) is 73.6 Å². The Morgan fingerprint density at radius 3 is 2.26 bits per heavy atom. The van der Waals surface area contributed by atoms with E-state index in [2.05, 4.69) is 34.9 Å². The van der Waals surface area contributed by atoms with Gasteiger partial charge in [0.25, 0.3) is 0 Å². The molecule has 2 aromatic rings. The lowest BCUT2D eigenvalue weighted by Gasteiger charge is -2.39. The molecular weight excluding hydrogens is 390 g/mol. The van der Waals surface area contributed by atoms with Crippen molar-refractivity contribution in [3.63, 3.8) is 0 Å². The average Bonchev–Trinajstić information content (AvgIpc) is 2.82. The van der Waals surface area contributed by atoms with E-state index < -0.39 is 0 Å². The van der Waals surface area contributed by atoms with E-state index in [1.165, 1.54) is 11.1 Å². The number of ether oxygens (including phenoxy) is 2. The number of piperazine rings is 1. The van der Waals surface area contributed by atoms with E-state index in [4.69, 9.17) is 9.47 Å². The van der Waals surface area contributed by atoms with Gasteiger partial charge in [0.05, 0.1) is 20.3 Å². The molecule has 1 atom stereocenters. The fourth-order valence-electron chi connectivity index (χ4n) is 4.12. The first-order valence-corrected chi connectivity index (χ1v) is 11.1. The van der Waals surface area contributed by atoms with Crippen LogP contribution in [0.1, 0.15) is 25.0 Å². The minimum Gasteiger partial charge on any atom is -0.493 e. The Kier molecular flexibility index (Phi) is 8.32. The average molecular weight is 426 g/mol. The second-order valence-electron chi connectivity index (χ2n) is 8.02. The van der Waals surface area contributed by atoms with Gasteiger partial charge >= 0.3 is 0 Å². The standard InChI is InChI=1S/C25H35N3O3/c1-5-27(19-21-9-7-6-8-10-21)25(29)20(2)28-15-13-26(14-16-28)18-22-11-12-23(30-3)24(17-22)31-4/h6-12,17,20H,5,13-16,18-19H2,1-4H3/t20-/m0/s1. The number of carbonyl (C=O) groups is 1. The molecule has 1 saturated heterocycles. The lowest BCUT2D eigenvalue weighted by Crippen LogP contribution is -2.54. The molecule has 0 spiro atoms. The van der Waals surface area contributed by atoms with Crippen LogP contribution in [0.5, 0.6) is 11.5 Å². The summed E-state index contributed by atoms with van der Waals surface area (Å²) < 4.78 is 10.8. The molecule has 0 aromatic heterocycles. The van der Waals surface area contributed by atoms with Crippen LogP contribution in [0, 0.1) is 0 Å². The van der Waals surface area contributed by atoms with E-state index in [-0.39, 0.29) is 11.9 Å². The van der Waals surface area contributed by atoms with E-state index in [0.717, 1.165) is 50.8 Å². The van der Waals surface area contributed by atoms with Crippen molar-refractivity contribution in [2.75, 3.05) is 46.9 Å². The molecule has 6 nitrogen and oxygen atoms in total. The van der Waals surface area contributed by atoms with Gasteiger partial charge in [0.2, 0.25) is 5.91 Å². The van der Waals surface area contributed by atoms with E-state index in [0.29, 0.717) is 6.54 Å². The summed E-state index contributed by atoms with van der Waals surface area (Å²) in [5.74, 6) is 1.72. The van der Waals surface area contributed by atoms with E-state index >= 15 is 0 Å². The van der Waals surface area contributed by atoms with Crippen LogP contribution in [0.4, 0.5) is 0 Å². The molecule has 0 bridgehead atoms. The number of methoxy groups -OCH3 is 2. The monoisotopic (exact) mass is 425 g/mol. The lowest BCUT2D eigenvalue weighted by molar-refractivity contribution is -0.137. The Balaban J connectivity index is 1.53. The van der Waals surface area contributed by atoms with Crippen LogP contribution in [-0.2, 0) is 17.9 Å². The van der Waals surface area contributed by atoms with Crippen molar-refractivity contribution in [2.45, 2.75) is 33.0 Å². The molecule has 1 aliphatic rings. The zero-order valence-electron chi connectivity index (χ0n) is 19.2. The molecule has 0 radical (unpaired) electrons. The summed E-state index contributed by atoms with van der Waals surface area (Å²) in [4.78, 5) is 19.8. The fourth-order valence-corrected chi connectivity index (χ4v) is 4.12. The smallest absolute Gasteiger partial charge is 0.239 e. The summed E-state index contributed by atoms with van der Waals surface area (Å²) in [6, 6.07) is 16.2. The minimum absolute atomic E-state index is 0.105. The van der Waals surface area contributed by atoms with Crippen molar-refractivity contribution < 1.29 is 14.3 Å². The number of rotatable bonds is 9. The maximum Gasteiger partial charge on any atom is 0.239 e. The highest BCUT2D eigenvalue weighted by Crippen LogP contribution is 2.28. The first kappa shape index (κ1) is 23.1. The number of likely N-dealkylation sites (N-methyl/N-ethyl adjacent to an activating group) is 1. The van der Waals surface area contributed by atoms with Gasteiger partial charge in [-0.25, -0.2) is 0 Å². The van der Waals surface area contributed by atoms with E-state index in [9.17, 15) is 4.79 Å². The zero-order valence-corrected chi connectivity index (χ0v) is 19.2. The number of benzene rings is 2. The van der Waals surface area contributed by atoms with Crippen molar-refractivity contribution >= 4 is 5.91 Å². The Morgan fingerprint density at radius 1 is 0.968 bits per heavy atom. The lowest BCUT2D eigenvalue weighted by atomic mass is 10.1. The molecule has 0 saturated carbocycles. The van der Waals surface area contributed by atoms with Gasteiger partial charge in [-0.15, -0.1) is 0 Å². The molecule has 0 N–H and O–H groups in total. The highest BCUT2D eigenvalue weighted by molar-refractivity contribution is 5.81. The third-order valence-electron chi connectivity index (χ3n) is 6.08. The van der Waals surface area contributed by atoms with Gasteiger partial charge in [0, 0.05) is 45.8 Å². The molecule has 0 aliphatic carbocycles. The summed E-state index contributed by atoms with van der Waals surface area (Å²) in [6.45, 7) is 10.0. The molecule has 1 amide bonds. The molecule has 1 fully saturated rings. The Bertz CT molecular complexity index is 835. The van der Waals surface area contributed by atoms with Crippen molar-refractivity contribution in [1.82, 2.24) is 14.7 Å². The summed E-state index contributed by atoms with van der Waals surface area (Å²) in [5.41, 5.74) is 2.37. The predicted octanol–water partition coefficient (Wildman–Crippen LogP) is 3.26. The number of amides is 1. The van der Waals surface area contributed by atoms with Gasteiger partial charge in [-0.05, 0) is 37.1 Å². The van der Waals surface area contributed by atoms with Gasteiger partial charge in [-0.1, -0.05) is 36.4 Å². The van der Waals surface area contributed by atoms with Gasteiger partial charge in [0.1, 0.15) is 0 Å². The van der Waals surface area contributed by atoms with Crippen LogP contribution >= 0.6 is 0 Å². The van der Waals surface area contributed by atoms with Gasteiger partial charge in [-0.2, -0.15) is 0 Å². The van der Waals surface area contributed by atoms with Gasteiger partial charge < -0.3 is 14.4 Å². The summed E-state index contributed by atoms with van der Waals surface area (Å²) >= 11 is 0. The van der Waals surface area contributed by atoms with Crippen LogP contribution in [0.25, 0.3) is 0 Å². The molecule has 1 heterocycles. The molecule has 2 aromatic carbocycles. The van der Waals surface area contributed by atoms with E-state index in [1.54, 1.807) is 14.2 Å². The number of hydrogen-bond donors (Lipinski definition) is 0. The van der Waals surface area contributed by atoms with Crippen LogP contribution in [0.3, 0.4) is 0 Å². The third kappa shape index (κ3) is 5.99. The Morgan fingerprint density at radius 2 is 1.65 bits per heavy atom. The first-order chi connectivity index (χ1) is 15.0. The zero-order chi connectivity index (χ0) is 22.2. The quantitative estimate of drug-likeness (QED) is 0.617. The fraction of sp³-hybridized carbons (Fsp3) is 0.480. The summed E-state index contributed by atoms with van der Waals surface area (Å²) in [7, 11) is 3.31. The number of hydrogen-bond acceptors (Lipinski definition) is 5. The topological polar surface area (TPSA) is 45.3 Å². The summed E-state index contributed by atoms with van der Waals surface area (Å²) in [5, 5.41) is 0. The maximum atomic E-state index is 13.1. The first-order valence-electron chi connectivity index (χ1n) is 11.1. The van der Waals surface area contributed by atoms with Crippen LogP contribution < -0.4 is 9.47 Å². The van der Waals surface area contributed by atoms with Crippen molar-refractivity contribution in [2.24, 2.45) is 0 Å². The molecule has 0 unspecified atom stereocenters. The largest absolute Gasteiger partial charge is 0.493 e. The van der Waals surface area contributed by atoms with Crippen molar-refractivity contribution in [1.29, 1.82) is 0 Å². The minimum atomic E-state index is -0.105. The normalized spacial score (nSPS) is 16.0. The molecule has 1 aliphatic heterocycles. The molecular formula is C25H35N3O3. The van der Waals surface area contributed by atoms with Gasteiger partial charge in [-0.3, -0.25) is 14.6 Å².